The summed E-state index contributed by atoms with van der Waals surface area (Å²) in [5, 5.41) is 2.88. The molecule has 2 N–H and O–H groups in total. The Balaban J connectivity index is 1.87. The van der Waals surface area contributed by atoms with E-state index in [1.165, 1.54) is 18.1 Å². The largest absolute Gasteiger partial charge is 0.326 e. The molecule has 0 aromatic heterocycles. The number of anilines is 1. The Kier molecular flexibility index (Phi) is 6.32. The number of benzene rings is 2. The summed E-state index contributed by atoms with van der Waals surface area (Å²) in [5.41, 5.74) is 4.03. The predicted molar refractivity (Wildman–Crippen MR) is 106 cm³/mol. The Bertz CT molecular complexity index is 756. The van der Waals surface area contributed by atoms with Crippen molar-refractivity contribution in [1.82, 2.24) is 0 Å². The summed E-state index contributed by atoms with van der Waals surface area (Å²) in [6.07, 6.45) is 0. The molecule has 0 fully saturated rings. The Morgan fingerprint density at radius 3 is 2.04 bits per heavy atom. The lowest BCUT2D eigenvalue weighted by molar-refractivity contribution is -0.885. The number of likely N-dealkylation sites (N-methyl/N-ethyl adjacent to an activating group) is 1. The zero-order chi connectivity index (χ0) is 19.3. The van der Waals surface area contributed by atoms with Crippen LogP contribution in [0, 0.1) is 0 Å². The van der Waals surface area contributed by atoms with Crippen molar-refractivity contribution in [3.8, 4) is 0 Å². The van der Waals surface area contributed by atoms with Crippen molar-refractivity contribution >= 4 is 17.4 Å². The highest BCUT2D eigenvalue weighted by molar-refractivity contribution is 5.95. The van der Waals surface area contributed by atoms with Gasteiger partial charge in [0.05, 0.1) is 7.05 Å². The maximum atomic E-state index is 12.2. The molecule has 2 aromatic rings. The van der Waals surface area contributed by atoms with Gasteiger partial charge in [-0.2, -0.15) is 0 Å². The van der Waals surface area contributed by atoms with Gasteiger partial charge in [0.15, 0.2) is 12.3 Å². The van der Waals surface area contributed by atoms with Crippen LogP contribution in [0.25, 0.3) is 0 Å². The lowest BCUT2D eigenvalue weighted by atomic mass is 9.87. The molecule has 4 nitrogen and oxygen atoms in total. The molecule has 0 aliphatic heterocycles. The third kappa shape index (κ3) is 5.81. The number of nitrogens with one attached hydrogen (secondary N) is 2. The van der Waals surface area contributed by atoms with E-state index in [1.807, 2.05) is 7.05 Å². The van der Waals surface area contributed by atoms with Crippen LogP contribution in [-0.2, 0) is 16.8 Å². The van der Waals surface area contributed by atoms with E-state index in [2.05, 4.69) is 50.4 Å². The Morgan fingerprint density at radius 1 is 0.962 bits per heavy atom. The fraction of sp³-hybridized carbons (Fsp3) is 0.364. The van der Waals surface area contributed by atoms with Gasteiger partial charge in [-0.3, -0.25) is 9.59 Å². The molecule has 2 aromatic carbocycles. The van der Waals surface area contributed by atoms with Gasteiger partial charge < -0.3 is 10.2 Å². The van der Waals surface area contributed by atoms with Crippen molar-refractivity contribution < 1.29 is 14.5 Å². The highest BCUT2D eigenvalue weighted by atomic mass is 16.2. The number of carbonyl (C=O) groups is 2. The van der Waals surface area contributed by atoms with E-state index >= 15 is 0 Å². The second kappa shape index (κ2) is 8.28. The van der Waals surface area contributed by atoms with Crippen LogP contribution in [0.2, 0.25) is 0 Å². The molecule has 1 atom stereocenters. The average Bonchev–Trinajstić information content (AvgIpc) is 2.54. The minimum Gasteiger partial charge on any atom is -0.326 e. The number of hydrogen-bond donors (Lipinski definition) is 2. The van der Waals surface area contributed by atoms with Crippen LogP contribution in [0.15, 0.2) is 48.5 Å². The van der Waals surface area contributed by atoms with E-state index in [9.17, 15) is 9.59 Å². The molecule has 0 aliphatic carbocycles. The van der Waals surface area contributed by atoms with Crippen LogP contribution >= 0.6 is 0 Å². The Morgan fingerprint density at radius 2 is 1.54 bits per heavy atom. The van der Waals surface area contributed by atoms with Crippen LogP contribution in [0.5, 0.6) is 0 Å². The first-order valence-electron chi connectivity index (χ1n) is 8.97. The van der Waals surface area contributed by atoms with Crippen LogP contribution < -0.4 is 10.2 Å². The van der Waals surface area contributed by atoms with Crippen molar-refractivity contribution in [2.24, 2.45) is 0 Å². The number of rotatable bonds is 6. The van der Waals surface area contributed by atoms with Gasteiger partial charge in [0, 0.05) is 16.8 Å². The number of hydrogen-bond acceptors (Lipinski definition) is 2. The van der Waals surface area contributed by atoms with Crippen molar-refractivity contribution in [2.45, 2.75) is 39.7 Å². The summed E-state index contributed by atoms with van der Waals surface area (Å²) < 4.78 is 0. The fourth-order valence-electron chi connectivity index (χ4n) is 2.80. The number of quaternary nitrogens is 1. The molecule has 0 saturated carbocycles. The van der Waals surface area contributed by atoms with E-state index < -0.39 is 0 Å². The summed E-state index contributed by atoms with van der Waals surface area (Å²) in [4.78, 5) is 24.6. The van der Waals surface area contributed by atoms with Gasteiger partial charge in [-0.25, -0.2) is 0 Å². The van der Waals surface area contributed by atoms with Crippen LogP contribution in [0.1, 0.15) is 49.2 Å². The number of amides is 1. The third-order valence-electron chi connectivity index (χ3n) is 4.36. The van der Waals surface area contributed by atoms with Gasteiger partial charge in [-0.1, -0.05) is 45.0 Å². The summed E-state index contributed by atoms with van der Waals surface area (Å²) >= 11 is 0. The van der Waals surface area contributed by atoms with E-state index in [0.29, 0.717) is 17.8 Å². The monoisotopic (exact) mass is 353 g/mol. The van der Waals surface area contributed by atoms with Crippen LogP contribution in [0.3, 0.4) is 0 Å². The molecule has 0 saturated heterocycles. The van der Waals surface area contributed by atoms with Crippen molar-refractivity contribution in [2.75, 3.05) is 18.9 Å². The molecule has 0 heterocycles. The lowest BCUT2D eigenvalue weighted by Crippen LogP contribution is -3.08. The average molecular weight is 353 g/mol. The zero-order valence-electron chi connectivity index (χ0n) is 16.3. The second-order valence-electron chi connectivity index (χ2n) is 7.94. The van der Waals surface area contributed by atoms with E-state index in [1.54, 1.807) is 24.3 Å². The molecule has 0 bridgehead atoms. The summed E-state index contributed by atoms with van der Waals surface area (Å²) in [6, 6.07) is 15.6. The lowest BCUT2D eigenvalue weighted by Gasteiger charge is -2.19. The summed E-state index contributed by atoms with van der Waals surface area (Å²) in [6.45, 7) is 9.31. The van der Waals surface area contributed by atoms with Gasteiger partial charge in [0.1, 0.15) is 6.54 Å². The number of ketones is 1. The molecule has 0 aliphatic rings. The minimum atomic E-state index is -0.0376. The topological polar surface area (TPSA) is 50.6 Å². The predicted octanol–water partition coefficient (Wildman–Crippen LogP) is 2.84. The van der Waals surface area contributed by atoms with Crippen molar-refractivity contribution in [1.29, 1.82) is 0 Å². The quantitative estimate of drug-likeness (QED) is 0.785. The van der Waals surface area contributed by atoms with Gasteiger partial charge >= 0.3 is 0 Å². The molecule has 4 heteroatoms. The van der Waals surface area contributed by atoms with Gasteiger partial charge in [0.25, 0.3) is 5.91 Å². The van der Waals surface area contributed by atoms with Gasteiger partial charge in [-0.05, 0) is 42.2 Å². The second-order valence-corrected chi connectivity index (χ2v) is 7.94. The Hall–Kier alpha value is -2.46. The Labute approximate surface area is 156 Å². The summed E-state index contributed by atoms with van der Waals surface area (Å²) in [5.74, 6) is -0.0195. The summed E-state index contributed by atoms with van der Waals surface area (Å²) in [7, 11) is 2.01. The molecular weight excluding hydrogens is 324 g/mol. The van der Waals surface area contributed by atoms with E-state index in [-0.39, 0.29) is 17.1 Å². The maximum Gasteiger partial charge on any atom is 0.279 e. The first-order chi connectivity index (χ1) is 12.1. The highest BCUT2D eigenvalue weighted by Gasteiger charge is 2.14. The molecule has 1 unspecified atom stereocenters. The molecular formula is C22H29N2O2+. The number of Topliss-reactive ketones (excluding diaryl/α,β-unsaturated/α-hetero) is 1. The molecule has 2 rings (SSSR count). The fourth-order valence-corrected chi connectivity index (χ4v) is 2.80. The van der Waals surface area contributed by atoms with Gasteiger partial charge in [-0.15, -0.1) is 0 Å². The SMILES string of the molecule is CC(=O)c1ccc(NC(=O)C[NH+](C)Cc2ccc(C(C)(C)C)cc2)cc1. The van der Waals surface area contributed by atoms with Crippen LogP contribution in [0.4, 0.5) is 5.69 Å². The molecule has 1 amide bonds. The first kappa shape index (κ1) is 19.9. The van der Waals surface area contributed by atoms with E-state index in [4.69, 9.17) is 0 Å². The smallest absolute Gasteiger partial charge is 0.279 e. The normalized spacial score (nSPS) is 12.5. The standard InChI is InChI=1S/C22H28N2O2/c1-16(25)18-8-12-20(13-9-18)23-21(26)15-24(5)14-17-6-10-19(11-7-17)22(2,3)4/h6-13H,14-15H2,1-5H3,(H,23,26)/p+1. The molecule has 138 valence electrons. The number of carbonyl (C=O) groups excluding carboxylic acids is 2. The maximum absolute atomic E-state index is 12.2. The highest BCUT2D eigenvalue weighted by Crippen LogP contribution is 2.21. The van der Waals surface area contributed by atoms with Crippen molar-refractivity contribution in [3.05, 3.63) is 65.2 Å². The third-order valence-corrected chi connectivity index (χ3v) is 4.36. The van der Waals surface area contributed by atoms with Crippen molar-refractivity contribution in [3.63, 3.8) is 0 Å². The van der Waals surface area contributed by atoms with Crippen LogP contribution in [-0.4, -0.2) is 25.3 Å². The molecule has 0 radical (unpaired) electrons. The molecule has 0 spiro atoms. The zero-order valence-corrected chi connectivity index (χ0v) is 16.3. The van der Waals surface area contributed by atoms with Gasteiger partial charge in [0.2, 0.25) is 0 Å². The minimum absolute atomic E-state index is 0.0181. The molecule has 26 heavy (non-hydrogen) atoms. The first-order valence-corrected chi connectivity index (χ1v) is 8.97. The van der Waals surface area contributed by atoms with E-state index in [0.717, 1.165) is 11.4 Å².